The molecule has 2 heterocycles. The molecular formula is C17H21N3Sn. The third-order valence-corrected chi connectivity index (χ3v) is 9.80. The van der Waals surface area contributed by atoms with E-state index in [0.29, 0.717) is 0 Å². The van der Waals surface area contributed by atoms with Crippen molar-refractivity contribution in [2.24, 2.45) is 0 Å². The molecule has 3 nitrogen and oxygen atoms in total. The van der Waals surface area contributed by atoms with Crippen LogP contribution in [0.5, 0.6) is 0 Å². The predicted octanol–water partition coefficient (Wildman–Crippen LogP) is 3.33. The van der Waals surface area contributed by atoms with Crippen molar-refractivity contribution in [1.82, 2.24) is 14.5 Å². The molecule has 0 saturated heterocycles. The van der Waals surface area contributed by atoms with E-state index < -0.39 is 18.4 Å². The summed E-state index contributed by atoms with van der Waals surface area (Å²) in [4.78, 5) is 16.1. The molecule has 108 valence electrons. The molecule has 3 aromatic rings. The van der Waals surface area contributed by atoms with Crippen molar-refractivity contribution in [2.75, 3.05) is 0 Å². The Hall–Kier alpha value is -1.36. The molecule has 2 aromatic heterocycles. The molecule has 4 heteroatoms. The van der Waals surface area contributed by atoms with Gasteiger partial charge in [-0.15, -0.1) is 0 Å². The van der Waals surface area contributed by atoms with E-state index in [0.717, 1.165) is 23.4 Å². The van der Waals surface area contributed by atoms with E-state index in [4.69, 9.17) is 0 Å². The van der Waals surface area contributed by atoms with Crippen LogP contribution in [0.1, 0.15) is 11.4 Å². The maximum absolute atomic E-state index is 4.58. The van der Waals surface area contributed by atoms with E-state index in [1.54, 1.807) is 3.58 Å². The van der Waals surface area contributed by atoms with E-state index in [9.17, 15) is 0 Å². The summed E-state index contributed by atoms with van der Waals surface area (Å²) < 4.78 is 3.83. The molecule has 1 aromatic carbocycles. The number of aromatic nitrogens is 3. The first-order chi connectivity index (χ1) is 9.95. The van der Waals surface area contributed by atoms with Crippen LogP contribution in [0.2, 0.25) is 14.8 Å². The van der Waals surface area contributed by atoms with Gasteiger partial charge >= 0.3 is 130 Å². The second kappa shape index (κ2) is 5.44. The number of rotatable bonds is 3. The molecule has 0 atom stereocenters. The Morgan fingerprint density at radius 2 is 1.76 bits per heavy atom. The summed E-state index contributed by atoms with van der Waals surface area (Å²) in [5, 5.41) is 0. The number of benzene rings is 1. The molecule has 21 heavy (non-hydrogen) atoms. The monoisotopic (exact) mass is 387 g/mol. The quantitative estimate of drug-likeness (QED) is 0.647. The first-order valence-electron chi connectivity index (χ1n) is 7.31. The van der Waals surface area contributed by atoms with Gasteiger partial charge in [0.05, 0.1) is 0 Å². The van der Waals surface area contributed by atoms with Crippen molar-refractivity contribution in [2.45, 2.75) is 28.3 Å². The molecule has 0 fully saturated rings. The van der Waals surface area contributed by atoms with Crippen LogP contribution in [-0.2, 0) is 6.54 Å². The second-order valence-corrected chi connectivity index (χ2v) is 21.0. The topological polar surface area (TPSA) is 30.7 Å². The number of hydrogen-bond donors (Lipinski definition) is 0. The van der Waals surface area contributed by atoms with E-state index in [2.05, 4.69) is 60.5 Å². The number of fused-ring (bicyclic) bond motifs is 1. The van der Waals surface area contributed by atoms with Gasteiger partial charge in [0, 0.05) is 0 Å². The Balaban J connectivity index is 1.94. The summed E-state index contributed by atoms with van der Waals surface area (Å²) in [5.74, 6) is 1.04. The third-order valence-electron chi connectivity index (χ3n) is 3.90. The average Bonchev–Trinajstić information content (AvgIpc) is 2.75. The van der Waals surface area contributed by atoms with Crippen LogP contribution in [0.4, 0.5) is 0 Å². The summed E-state index contributed by atoms with van der Waals surface area (Å²) in [5.41, 5.74) is 3.45. The molecule has 0 saturated carbocycles. The minimum absolute atomic E-state index is 0.867. The van der Waals surface area contributed by atoms with Gasteiger partial charge in [-0.2, -0.15) is 0 Å². The van der Waals surface area contributed by atoms with Gasteiger partial charge in [0.15, 0.2) is 0 Å². The van der Waals surface area contributed by atoms with Crippen molar-refractivity contribution in [3.8, 4) is 0 Å². The molecule has 3 rings (SSSR count). The number of nitrogens with zero attached hydrogens (tertiary/aromatic N) is 3. The van der Waals surface area contributed by atoms with Crippen LogP contribution in [0, 0.1) is 6.92 Å². The second-order valence-electron chi connectivity index (χ2n) is 6.56. The third kappa shape index (κ3) is 2.98. The van der Waals surface area contributed by atoms with Crippen LogP contribution >= 0.6 is 0 Å². The fraction of sp³-hybridized carbons (Fsp3) is 0.294. The van der Waals surface area contributed by atoms with Gasteiger partial charge in [-0.25, -0.2) is 0 Å². The van der Waals surface area contributed by atoms with Gasteiger partial charge in [-0.05, 0) is 0 Å². The van der Waals surface area contributed by atoms with Gasteiger partial charge in [-0.1, -0.05) is 0 Å². The molecule has 0 aliphatic rings. The number of imidazole rings is 1. The summed E-state index contributed by atoms with van der Waals surface area (Å²) in [6.07, 6.45) is 3.66. The van der Waals surface area contributed by atoms with E-state index >= 15 is 0 Å². The molecular weight excluding hydrogens is 365 g/mol. The molecule has 0 spiro atoms. The van der Waals surface area contributed by atoms with E-state index in [1.165, 1.54) is 5.56 Å². The van der Waals surface area contributed by atoms with Crippen LogP contribution in [0.25, 0.3) is 11.0 Å². The van der Waals surface area contributed by atoms with Crippen LogP contribution in [0.3, 0.4) is 0 Å². The van der Waals surface area contributed by atoms with Gasteiger partial charge in [0.25, 0.3) is 0 Å². The van der Waals surface area contributed by atoms with Crippen molar-refractivity contribution in [3.63, 3.8) is 0 Å². The number of aryl methyl sites for hydroxylation is 1. The number of pyridine rings is 1. The van der Waals surface area contributed by atoms with Crippen LogP contribution < -0.4 is 3.58 Å². The minimum atomic E-state index is -1.94. The summed E-state index contributed by atoms with van der Waals surface area (Å²) in [6, 6.07) is 11.2. The zero-order valence-electron chi connectivity index (χ0n) is 13.1. The van der Waals surface area contributed by atoms with Crippen LogP contribution in [0.15, 0.2) is 42.7 Å². The van der Waals surface area contributed by atoms with Gasteiger partial charge in [0.2, 0.25) is 0 Å². The van der Waals surface area contributed by atoms with Gasteiger partial charge < -0.3 is 0 Å². The number of hydrogen-bond acceptors (Lipinski definition) is 2. The van der Waals surface area contributed by atoms with Crippen molar-refractivity contribution < 1.29 is 0 Å². The molecule has 0 aliphatic carbocycles. The average molecular weight is 386 g/mol. The maximum atomic E-state index is 4.58. The predicted molar refractivity (Wildman–Crippen MR) is 90.8 cm³/mol. The molecule has 0 N–H and O–H groups in total. The standard InChI is InChI=1S/C14H12N3.3CH3.Sn/c1-11-16-13-9-15-8-7-14(13)17(11)10-12-5-3-2-4-6-12;;;;/h3-9H,10H2,1H3;3*1H3;. The SMILES string of the molecule is Cc1nc2cnccc2n1Cc1cc[c]([Sn]([CH3])([CH3])[CH3])cc1. The molecule has 0 amide bonds. The fourth-order valence-corrected chi connectivity index (χ4v) is 5.92. The van der Waals surface area contributed by atoms with Crippen molar-refractivity contribution in [3.05, 3.63) is 54.1 Å². The van der Waals surface area contributed by atoms with Gasteiger partial charge in [0.1, 0.15) is 0 Å². The summed E-state index contributed by atoms with van der Waals surface area (Å²) >= 11 is -1.94. The van der Waals surface area contributed by atoms with Crippen LogP contribution in [-0.4, -0.2) is 32.9 Å². The van der Waals surface area contributed by atoms with E-state index in [1.807, 2.05) is 18.5 Å². The van der Waals surface area contributed by atoms with Crippen molar-refractivity contribution >= 4 is 33.0 Å². The first-order valence-corrected chi connectivity index (χ1v) is 17.3. The fourth-order valence-electron chi connectivity index (χ4n) is 2.59. The Morgan fingerprint density at radius 3 is 2.43 bits per heavy atom. The van der Waals surface area contributed by atoms with E-state index in [-0.39, 0.29) is 0 Å². The zero-order chi connectivity index (χ0) is 15.0. The first kappa shape index (κ1) is 14.6. The Labute approximate surface area is 129 Å². The molecule has 0 radical (unpaired) electrons. The molecule has 0 unspecified atom stereocenters. The zero-order valence-corrected chi connectivity index (χ0v) is 15.9. The molecule has 0 aliphatic heterocycles. The molecule has 0 bridgehead atoms. The van der Waals surface area contributed by atoms with Gasteiger partial charge in [-0.3, -0.25) is 0 Å². The normalized spacial score (nSPS) is 12.0. The summed E-state index contributed by atoms with van der Waals surface area (Å²) in [7, 11) is 0. The Kier molecular flexibility index (Phi) is 3.78. The van der Waals surface area contributed by atoms with Crippen molar-refractivity contribution in [1.29, 1.82) is 0 Å². The summed E-state index contributed by atoms with van der Waals surface area (Å²) in [6.45, 7) is 2.92. The Bertz CT molecular complexity index is 767. The Morgan fingerprint density at radius 1 is 1.05 bits per heavy atom.